The van der Waals surface area contributed by atoms with E-state index in [2.05, 4.69) is 10.3 Å². The Bertz CT molecular complexity index is 666. The predicted molar refractivity (Wildman–Crippen MR) is 73.7 cm³/mol. The Balaban J connectivity index is 2.22. The molecule has 3 N–H and O–H groups in total. The number of ether oxygens (including phenoxy) is 1. The molecule has 0 radical (unpaired) electrons. The third-order valence-electron chi connectivity index (χ3n) is 2.58. The Morgan fingerprint density at radius 1 is 1.35 bits per heavy atom. The van der Waals surface area contributed by atoms with Crippen LogP contribution >= 0.6 is 11.6 Å². The van der Waals surface area contributed by atoms with E-state index in [1.54, 1.807) is 0 Å². The first kappa shape index (κ1) is 14.0. The van der Waals surface area contributed by atoms with Crippen molar-refractivity contribution in [1.29, 1.82) is 0 Å². The van der Waals surface area contributed by atoms with Gasteiger partial charge in [-0.3, -0.25) is 4.79 Å². The number of hydrogen-bond donors (Lipinski definition) is 3. The molecule has 20 heavy (non-hydrogen) atoms. The first-order valence-corrected chi connectivity index (χ1v) is 5.95. The molecule has 2 aromatic rings. The molecule has 0 atom stereocenters. The molecular weight excluding hydrogens is 284 g/mol. The smallest absolute Gasteiger partial charge is 0.339 e. The number of methoxy groups -OCH3 is 1. The molecule has 2 rings (SSSR count). The zero-order valence-electron chi connectivity index (χ0n) is 10.4. The second kappa shape index (κ2) is 5.66. The SMILES string of the molecule is COc1cc(NC(=O)c2cc(Cl)c[nH]2)ccc1C(=O)O. The van der Waals surface area contributed by atoms with Crippen molar-refractivity contribution < 1.29 is 19.4 Å². The van der Waals surface area contributed by atoms with E-state index in [0.717, 1.165) is 0 Å². The van der Waals surface area contributed by atoms with Gasteiger partial charge < -0.3 is 20.1 Å². The van der Waals surface area contributed by atoms with Crippen LogP contribution in [0.15, 0.2) is 30.5 Å². The zero-order valence-corrected chi connectivity index (χ0v) is 11.2. The molecule has 1 heterocycles. The van der Waals surface area contributed by atoms with Gasteiger partial charge in [0, 0.05) is 18.0 Å². The number of carboxylic acids is 1. The number of carbonyl (C=O) groups is 2. The lowest BCUT2D eigenvalue weighted by Gasteiger charge is -2.08. The summed E-state index contributed by atoms with van der Waals surface area (Å²) in [5.41, 5.74) is 0.743. The lowest BCUT2D eigenvalue weighted by atomic mass is 10.2. The number of rotatable bonds is 4. The summed E-state index contributed by atoms with van der Waals surface area (Å²) in [6.45, 7) is 0. The number of hydrogen-bond acceptors (Lipinski definition) is 3. The first-order valence-electron chi connectivity index (χ1n) is 5.58. The van der Waals surface area contributed by atoms with Crippen LogP contribution in [0.4, 0.5) is 5.69 Å². The lowest BCUT2D eigenvalue weighted by Crippen LogP contribution is -2.12. The number of aromatic amines is 1. The third-order valence-corrected chi connectivity index (χ3v) is 2.80. The monoisotopic (exact) mass is 294 g/mol. The fourth-order valence-electron chi connectivity index (χ4n) is 1.64. The van der Waals surface area contributed by atoms with Crippen LogP contribution < -0.4 is 10.1 Å². The molecule has 104 valence electrons. The van der Waals surface area contributed by atoms with Crippen molar-refractivity contribution in [1.82, 2.24) is 4.98 Å². The number of aromatic nitrogens is 1. The highest BCUT2D eigenvalue weighted by Gasteiger charge is 2.13. The van der Waals surface area contributed by atoms with E-state index in [4.69, 9.17) is 21.4 Å². The van der Waals surface area contributed by atoms with Crippen LogP contribution in [-0.2, 0) is 0 Å². The van der Waals surface area contributed by atoms with Gasteiger partial charge in [0.15, 0.2) is 0 Å². The van der Waals surface area contributed by atoms with E-state index in [9.17, 15) is 9.59 Å². The van der Waals surface area contributed by atoms with Crippen LogP contribution in [0.2, 0.25) is 5.02 Å². The third kappa shape index (κ3) is 2.92. The molecule has 0 saturated carbocycles. The van der Waals surface area contributed by atoms with Crippen molar-refractivity contribution in [2.45, 2.75) is 0 Å². The van der Waals surface area contributed by atoms with Crippen molar-refractivity contribution >= 4 is 29.2 Å². The van der Waals surface area contributed by atoms with Crippen molar-refractivity contribution in [2.75, 3.05) is 12.4 Å². The van der Waals surface area contributed by atoms with Gasteiger partial charge in [-0.25, -0.2) is 4.79 Å². The molecule has 0 unspecified atom stereocenters. The molecule has 1 amide bonds. The first-order chi connectivity index (χ1) is 9.51. The maximum Gasteiger partial charge on any atom is 0.339 e. The molecule has 0 fully saturated rings. The Hall–Kier alpha value is -2.47. The summed E-state index contributed by atoms with van der Waals surface area (Å²) < 4.78 is 4.98. The number of aromatic carboxylic acids is 1. The number of amides is 1. The van der Waals surface area contributed by atoms with E-state index in [1.807, 2.05) is 0 Å². The molecule has 0 spiro atoms. The standard InChI is InChI=1S/C13H11ClN2O4/c1-20-11-5-8(2-3-9(11)13(18)19)16-12(17)10-4-7(14)6-15-10/h2-6,15H,1H3,(H,16,17)(H,18,19). The fraction of sp³-hybridized carbons (Fsp3) is 0.0769. The summed E-state index contributed by atoms with van der Waals surface area (Å²) >= 11 is 5.71. The van der Waals surface area contributed by atoms with Gasteiger partial charge in [0.1, 0.15) is 17.0 Å². The average molecular weight is 295 g/mol. The van der Waals surface area contributed by atoms with Crippen LogP contribution in [0.3, 0.4) is 0 Å². The summed E-state index contributed by atoms with van der Waals surface area (Å²) in [5.74, 6) is -1.32. The minimum Gasteiger partial charge on any atom is -0.496 e. The van der Waals surface area contributed by atoms with E-state index >= 15 is 0 Å². The van der Waals surface area contributed by atoms with Crippen molar-refractivity contribution in [3.63, 3.8) is 0 Å². The van der Waals surface area contributed by atoms with Gasteiger partial charge in [0.2, 0.25) is 0 Å². The lowest BCUT2D eigenvalue weighted by molar-refractivity contribution is 0.0693. The number of carboxylic acid groups (broad SMARTS) is 1. The maximum absolute atomic E-state index is 11.9. The molecule has 0 aliphatic heterocycles. The maximum atomic E-state index is 11.9. The summed E-state index contributed by atoms with van der Waals surface area (Å²) in [5, 5.41) is 12.0. The highest BCUT2D eigenvalue weighted by Crippen LogP contribution is 2.23. The Morgan fingerprint density at radius 2 is 2.10 bits per heavy atom. The molecule has 7 heteroatoms. The quantitative estimate of drug-likeness (QED) is 0.808. The van der Waals surface area contributed by atoms with Gasteiger partial charge in [0.05, 0.1) is 12.1 Å². The van der Waals surface area contributed by atoms with Gasteiger partial charge in [-0.05, 0) is 18.2 Å². The topological polar surface area (TPSA) is 91.4 Å². The number of anilines is 1. The largest absolute Gasteiger partial charge is 0.496 e. The number of nitrogens with one attached hydrogen (secondary N) is 2. The molecule has 1 aromatic heterocycles. The van der Waals surface area contributed by atoms with Gasteiger partial charge in [-0.15, -0.1) is 0 Å². The molecule has 6 nitrogen and oxygen atoms in total. The van der Waals surface area contributed by atoms with Crippen molar-refractivity contribution in [3.8, 4) is 5.75 Å². The van der Waals surface area contributed by atoms with Crippen molar-refractivity contribution in [2.24, 2.45) is 0 Å². The molecule has 0 saturated heterocycles. The van der Waals surface area contributed by atoms with Crippen LogP contribution in [0.25, 0.3) is 0 Å². The van der Waals surface area contributed by atoms with Crippen LogP contribution in [0, 0.1) is 0 Å². The van der Waals surface area contributed by atoms with Gasteiger partial charge >= 0.3 is 5.97 Å². The second-order valence-electron chi connectivity index (χ2n) is 3.91. The number of carbonyl (C=O) groups excluding carboxylic acids is 1. The number of benzene rings is 1. The van der Waals surface area contributed by atoms with Gasteiger partial charge in [-0.2, -0.15) is 0 Å². The molecular formula is C13H11ClN2O4. The van der Waals surface area contributed by atoms with E-state index in [0.29, 0.717) is 16.4 Å². The Morgan fingerprint density at radius 3 is 2.65 bits per heavy atom. The number of halogens is 1. The Kier molecular flexibility index (Phi) is 3.95. The normalized spacial score (nSPS) is 10.1. The van der Waals surface area contributed by atoms with E-state index in [-0.39, 0.29) is 17.2 Å². The van der Waals surface area contributed by atoms with Crippen LogP contribution in [-0.4, -0.2) is 29.1 Å². The van der Waals surface area contributed by atoms with Crippen LogP contribution in [0.1, 0.15) is 20.8 Å². The van der Waals surface area contributed by atoms with Gasteiger partial charge in [0.25, 0.3) is 5.91 Å². The summed E-state index contributed by atoms with van der Waals surface area (Å²) in [7, 11) is 1.36. The highest BCUT2D eigenvalue weighted by molar-refractivity contribution is 6.31. The fourth-order valence-corrected chi connectivity index (χ4v) is 1.81. The second-order valence-corrected chi connectivity index (χ2v) is 4.34. The average Bonchev–Trinajstić information content (AvgIpc) is 2.85. The van der Waals surface area contributed by atoms with E-state index in [1.165, 1.54) is 37.6 Å². The Labute approximate surface area is 119 Å². The van der Waals surface area contributed by atoms with E-state index < -0.39 is 5.97 Å². The molecule has 0 aliphatic carbocycles. The molecule has 0 aliphatic rings. The minimum atomic E-state index is -1.10. The van der Waals surface area contributed by atoms with Crippen LogP contribution in [0.5, 0.6) is 5.75 Å². The van der Waals surface area contributed by atoms with Crippen molar-refractivity contribution in [3.05, 3.63) is 46.7 Å². The minimum absolute atomic E-state index is 0.0217. The summed E-state index contributed by atoms with van der Waals surface area (Å²) in [6.07, 6.45) is 1.49. The zero-order chi connectivity index (χ0) is 14.7. The molecule has 0 bridgehead atoms. The summed E-state index contributed by atoms with van der Waals surface area (Å²) in [4.78, 5) is 25.6. The van der Waals surface area contributed by atoms with Gasteiger partial charge in [-0.1, -0.05) is 11.6 Å². The summed E-state index contributed by atoms with van der Waals surface area (Å²) in [6, 6.07) is 5.76. The molecule has 1 aromatic carbocycles. The highest BCUT2D eigenvalue weighted by atomic mass is 35.5. The predicted octanol–water partition coefficient (Wildman–Crippen LogP) is 2.63. The number of H-pyrrole nitrogens is 1.